The maximum Gasteiger partial charge on any atom is 0.237 e. The Labute approximate surface area is 108 Å². The molecule has 2 atom stereocenters. The van der Waals surface area contributed by atoms with Crippen molar-refractivity contribution in [1.29, 1.82) is 0 Å². The van der Waals surface area contributed by atoms with Crippen LogP contribution in [-0.4, -0.2) is 21.7 Å². The Morgan fingerprint density at radius 1 is 1.61 bits per heavy atom. The van der Waals surface area contributed by atoms with Gasteiger partial charge >= 0.3 is 0 Å². The first-order chi connectivity index (χ1) is 8.50. The summed E-state index contributed by atoms with van der Waals surface area (Å²) in [6.45, 7) is 3.92. The minimum atomic E-state index is -0.438. The average molecular weight is 250 g/mol. The molecule has 1 heterocycles. The van der Waals surface area contributed by atoms with E-state index in [4.69, 9.17) is 5.73 Å². The van der Waals surface area contributed by atoms with Crippen molar-refractivity contribution in [2.24, 2.45) is 18.7 Å². The number of fused-ring (bicyclic) bond motifs is 1. The van der Waals surface area contributed by atoms with Gasteiger partial charge in [0.05, 0.1) is 18.3 Å². The molecule has 18 heavy (non-hydrogen) atoms. The van der Waals surface area contributed by atoms with Crippen molar-refractivity contribution in [3.05, 3.63) is 17.5 Å². The minimum absolute atomic E-state index is 0.0632. The number of hydrogen-bond acceptors (Lipinski definition) is 3. The summed E-state index contributed by atoms with van der Waals surface area (Å²) in [5.74, 6) is 0.0914. The van der Waals surface area contributed by atoms with Crippen LogP contribution in [0, 0.1) is 5.92 Å². The predicted molar refractivity (Wildman–Crippen MR) is 69.8 cm³/mol. The van der Waals surface area contributed by atoms with Gasteiger partial charge in [0.15, 0.2) is 0 Å². The SMILES string of the molecule is CC(C)C(N)C(=O)NC1CCCc2c1cnn2C. The molecule has 0 radical (unpaired) electrons. The highest BCUT2D eigenvalue weighted by Gasteiger charge is 2.27. The zero-order valence-electron chi connectivity index (χ0n) is 11.3. The summed E-state index contributed by atoms with van der Waals surface area (Å²) in [5.41, 5.74) is 8.24. The van der Waals surface area contributed by atoms with Gasteiger partial charge in [0.1, 0.15) is 0 Å². The van der Waals surface area contributed by atoms with Crippen LogP contribution in [0.3, 0.4) is 0 Å². The van der Waals surface area contributed by atoms with E-state index in [2.05, 4.69) is 10.4 Å². The lowest BCUT2D eigenvalue weighted by atomic mass is 9.92. The van der Waals surface area contributed by atoms with Crippen molar-refractivity contribution < 1.29 is 4.79 Å². The van der Waals surface area contributed by atoms with Crippen molar-refractivity contribution in [2.75, 3.05) is 0 Å². The van der Waals surface area contributed by atoms with E-state index >= 15 is 0 Å². The van der Waals surface area contributed by atoms with E-state index in [0.29, 0.717) is 0 Å². The van der Waals surface area contributed by atoms with Crippen LogP contribution in [0.2, 0.25) is 0 Å². The van der Waals surface area contributed by atoms with Crippen molar-refractivity contribution >= 4 is 5.91 Å². The van der Waals surface area contributed by atoms with Gasteiger partial charge in [-0.3, -0.25) is 9.48 Å². The number of aryl methyl sites for hydroxylation is 1. The number of hydrogen-bond donors (Lipinski definition) is 2. The second-order valence-corrected chi connectivity index (χ2v) is 5.39. The molecule has 0 bridgehead atoms. The molecule has 1 aliphatic carbocycles. The van der Waals surface area contributed by atoms with Crippen LogP contribution >= 0.6 is 0 Å². The number of nitrogens with two attached hydrogens (primary N) is 1. The molecule has 1 aromatic heterocycles. The van der Waals surface area contributed by atoms with E-state index in [1.165, 1.54) is 5.69 Å². The molecule has 100 valence electrons. The van der Waals surface area contributed by atoms with Gasteiger partial charge in [-0.05, 0) is 25.2 Å². The second kappa shape index (κ2) is 5.10. The van der Waals surface area contributed by atoms with Crippen LogP contribution in [0.5, 0.6) is 0 Å². The van der Waals surface area contributed by atoms with Crippen molar-refractivity contribution in [2.45, 2.75) is 45.2 Å². The third-order valence-corrected chi connectivity index (χ3v) is 3.71. The number of carbonyl (C=O) groups excluding carboxylic acids is 1. The molecule has 1 amide bonds. The van der Waals surface area contributed by atoms with Gasteiger partial charge < -0.3 is 11.1 Å². The Balaban J connectivity index is 2.10. The van der Waals surface area contributed by atoms with Gasteiger partial charge in [0.25, 0.3) is 0 Å². The molecule has 1 aromatic rings. The van der Waals surface area contributed by atoms with Crippen molar-refractivity contribution in [3.63, 3.8) is 0 Å². The molecule has 0 aliphatic heterocycles. The molecule has 2 rings (SSSR count). The molecule has 5 heteroatoms. The fourth-order valence-electron chi connectivity index (χ4n) is 2.43. The monoisotopic (exact) mass is 250 g/mol. The fourth-order valence-corrected chi connectivity index (χ4v) is 2.43. The quantitative estimate of drug-likeness (QED) is 0.837. The highest BCUT2D eigenvalue weighted by molar-refractivity contribution is 5.82. The van der Waals surface area contributed by atoms with E-state index in [-0.39, 0.29) is 17.9 Å². The maximum atomic E-state index is 12.0. The van der Waals surface area contributed by atoms with Crippen molar-refractivity contribution in [3.8, 4) is 0 Å². The van der Waals surface area contributed by atoms with Gasteiger partial charge in [0.2, 0.25) is 5.91 Å². The highest BCUT2D eigenvalue weighted by atomic mass is 16.2. The molecule has 0 spiro atoms. The molecule has 3 N–H and O–H groups in total. The first kappa shape index (κ1) is 13.1. The number of carbonyl (C=O) groups is 1. The van der Waals surface area contributed by atoms with Crippen LogP contribution in [-0.2, 0) is 18.3 Å². The van der Waals surface area contributed by atoms with E-state index < -0.39 is 6.04 Å². The van der Waals surface area contributed by atoms with Gasteiger partial charge in [-0.1, -0.05) is 13.8 Å². The Hall–Kier alpha value is -1.36. The van der Waals surface area contributed by atoms with Crippen molar-refractivity contribution in [1.82, 2.24) is 15.1 Å². The zero-order chi connectivity index (χ0) is 13.3. The second-order valence-electron chi connectivity index (χ2n) is 5.39. The van der Waals surface area contributed by atoms with Gasteiger partial charge in [-0.15, -0.1) is 0 Å². The molecular weight excluding hydrogens is 228 g/mol. The third kappa shape index (κ3) is 2.41. The maximum absolute atomic E-state index is 12.0. The first-order valence-corrected chi connectivity index (χ1v) is 6.57. The van der Waals surface area contributed by atoms with Crippen LogP contribution in [0.25, 0.3) is 0 Å². The van der Waals surface area contributed by atoms with Crippen LogP contribution in [0.15, 0.2) is 6.20 Å². The van der Waals surface area contributed by atoms with Gasteiger partial charge in [0, 0.05) is 18.3 Å². The third-order valence-electron chi connectivity index (χ3n) is 3.71. The minimum Gasteiger partial charge on any atom is -0.348 e. The molecule has 0 saturated heterocycles. The van der Waals surface area contributed by atoms with Crippen LogP contribution in [0.1, 0.15) is 44.0 Å². The number of nitrogens with zero attached hydrogens (tertiary/aromatic N) is 2. The fraction of sp³-hybridized carbons (Fsp3) is 0.692. The number of aromatic nitrogens is 2. The Morgan fingerprint density at radius 2 is 2.33 bits per heavy atom. The van der Waals surface area contributed by atoms with E-state index in [0.717, 1.165) is 24.8 Å². The molecule has 0 aromatic carbocycles. The first-order valence-electron chi connectivity index (χ1n) is 6.57. The normalized spacial score (nSPS) is 20.6. The van der Waals surface area contributed by atoms with Crippen LogP contribution < -0.4 is 11.1 Å². The topological polar surface area (TPSA) is 72.9 Å². The Morgan fingerprint density at radius 3 is 3.00 bits per heavy atom. The van der Waals surface area contributed by atoms with E-state index in [1.807, 2.05) is 31.8 Å². The van der Waals surface area contributed by atoms with E-state index in [9.17, 15) is 4.79 Å². The number of rotatable bonds is 3. The number of nitrogens with one attached hydrogen (secondary N) is 1. The predicted octanol–water partition coefficient (Wildman–Crippen LogP) is 0.897. The molecule has 5 nitrogen and oxygen atoms in total. The molecule has 0 saturated carbocycles. The smallest absolute Gasteiger partial charge is 0.237 e. The summed E-state index contributed by atoms with van der Waals surface area (Å²) in [7, 11) is 1.95. The van der Waals surface area contributed by atoms with Gasteiger partial charge in [-0.2, -0.15) is 5.10 Å². The summed E-state index contributed by atoms with van der Waals surface area (Å²) in [6.07, 6.45) is 4.94. The summed E-state index contributed by atoms with van der Waals surface area (Å²) in [4.78, 5) is 12.0. The average Bonchev–Trinajstić information content (AvgIpc) is 2.71. The highest BCUT2D eigenvalue weighted by Crippen LogP contribution is 2.29. The van der Waals surface area contributed by atoms with E-state index in [1.54, 1.807) is 0 Å². The summed E-state index contributed by atoms with van der Waals surface area (Å²) >= 11 is 0. The van der Waals surface area contributed by atoms with Gasteiger partial charge in [-0.25, -0.2) is 0 Å². The molecule has 2 unspecified atom stereocenters. The zero-order valence-corrected chi connectivity index (χ0v) is 11.3. The Kier molecular flexibility index (Phi) is 3.71. The summed E-state index contributed by atoms with van der Waals surface area (Å²) in [5, 5.41) is 7.32. The largest absolute Gasteiger partial charge is 0.348 e. The molecule has 0 fully saturated rings. The summed E-state index contributed by atoms with van der Waals surface area (Å²) < 4.78 is 1.90. The lowest BCUT2D eigenvalue weighted by Crippen LogP contribution is -2.45. The summed E-state index contributed by atoms with van der Waals surface area (Å²) in [6, 6.07) is -0.369. The molecule has 1 aliphatic rings. The number of amides is 1. The Bertz CT molecular complexity index is 438. The standard InChI is InChI=1S/C13H22N4O/c1-8(2)12(14)13(18)16-10-5-4-6-11-9(10)7-15-17(11)3/h7-8,10,12H,4-6,14H2,1-3H3,(H,16,18). The molecular formula is C13H22N4O. The lowest BCUT2D eigenvalue weighted by molar-refractivity contribution is -0.124. The van der Waals surface area contributed by atoms with Crippen LogP contribution in [0.4, 0.5) is 0 Å². The lowest BCUT2D eigenvalue weighted by Gasteiger charge is -2.26.